The van der Waals surface area contributed by atoms with Gasteiger partial charge in [0.25, 0.3) is 0 Å². The van der Waals surface area contributed by atoms with Crippen LogP contribution in [0.4, 0.5) is 0 Å². The molecule has 0 aromatic heterocycles. The fraction of sp³-hybridized carbons (Fsp3) is 0.500. The van der Waals surface area contributed by atoms with Crippen LogP contribution in [-0.2, 0) is 9.59 Å². The fourth-order valence-corrected chi connectivity index (χ4v) is 0.434. The van der Waals surface area contributed by atoms with Crippen LogP contribution in [0.1, 0.15) is 27.2 Å². The van der Waals surface area contributed by atoms with Crippen LogP contribution in [0.15, 0.2) is 23.5 Å². The van der Waals surface area contributed by atoms with Gasteiger partial charge in [-0.3, -0.25) is 0 Å². The molecule has 0 aromatic rings. The van der Waals surface area contributed by atoms with Gasteiger partial charge in [-0.2, -0.15) is 0 Å². The van der Waals surface area contributed by atoms with Crippen molar-refractivity contribution in [1.29, 1.82) is 0 Å². The minimum atomic E-state index is -1.07. The van der Waals surface area contributed by atoms with E-state index in [0.717, 1.165) is 0 Å². The molecule has 1 unspecified atom stereocenters. The van der Waals surface area contributed by atoms with Gasteiger partial charge in [0, 0.05) is 6.61 Å². The van der Waals surface area contributed by atoms with E-state index in [4.69, 9.17) is 31.9 Å². The Labute approximate surface area is 118 Å². The van der Waals surface area contributed by atoms with Crippen molar-refractivity contribution in [3.05, 3.63) is 23.5 Å². The van der Waals surface area contributed by atoms with Crippen molar-refractivity contribution in [1.82, 2.24) is 0 Å². The fourth-order valence-electron chi connectivity index (χ4n) is 0.434. The van der Waals surface area contributed by atoms with Crippen LogP contribution in [0, 0.1) is 0 Å². The second-order valence-corrected chi connectivity index (χ2v) is 3.46. The molecule has 0 fully saturated rings. The largest absolute Gasteiger partial charge is 0.477 e. The molecule has 20 heavy (non-hydrogen) atoms. The van der Waals surface area contributed by atoms with Gasteiger partial charge >= 0.3 is 11.9 Å². The number of hydrogen-bond donors (Lipinski definition) is 6. The number of rotatable bonds is 4. The maximum absolute atomic E-state index is 9.74. The Balaban J connectivity index is -0.000000218. The normalized spacial score (nSPS) is 12.2. The Morgan fingerprint density at radius 3 is 1.35 bits per heavy atom. The lowest BCUT2D eigenvalue weighted by Gasteiger charge is -1.95. The van der Waals surface area contributed by atoms with Crippen LogP contribution in [0.5, 0.6) is 0 Å². The molecule has 0 saturated heterocycles. The average Bonchev–Trinajstić information content (AvgIpc) is 2.37. The summed E-state index contributed by atoms with van der Waals surface area (Å²) in [7, 11) is 0. The van der Waals surface area contributed by atoms with E-state index in [1.165, 1.54) is 12.2 Å². The standard InChI is InChI=1S/2C4H7NO2.C4H10O2/c2*1-2-3(5)4(6)7;1-4(6)2-3-5/h2*2H,5H2,1H3,(H,6,7);4-6H,2-3H2,1H3. The molecule has 118 valence electrons. The zero-order chi connectivity index (χ0) is 16.7. The lowest BCUT2D eigenvalue weighted by Crippen LogP contribution is -2.08. The van der Waals surface area contributed by atoms with Gasteiger partial charge in [0.1, 0.15) is 11.4 Å². The first-order chi connectivity index (χ1) is 9.13. The molecule has 8 heteroatoms. The van der Waals surface area contributed by atoms with Gasteiger partial charge in [0.15, 0.2) is 0 Å². The molecule has 0 amide bonds. The average molecular weight is 292 g/mol. The van der Waals surface area contributed by atoms with E-state index in [1.807, 2.05) is 0 Å². The summed E-state index contributed by atoms with van der Waals surface area (Å²) in [5.41, 5.74) is 9.53. The van der Waals surface area contributed by atoms with Gasteiger partial charge in [-0.05, 0) is 27.2 Å². The number of carboxylic acid groups (broad SMARTS) is 2. The van der Waals surface area contributed by atoms with E-state index in [0.29, 0.717) is 6.42 Å². The third-order valence-corrected chi connectivity index (χ3v) is 1.66. The molecule has 0 aliphatic rings. The number of carboxylic acids is 2. The van der Waals surface area contributed by atoms with Crippen LogP contribution in [-0.4, -0.2) is 45.1 Å². The summed E-state index contributed by atoms with van der Waals surface area (Å²) in [5, 5.41) is 32.4. The second-order valence-electron chi connectivity index (χ2n) is 3.46. The van der Waals surface area contributed by atoms with E-state index in [2.05, 4.69) is 0 Å². The van der Waals surface area contributed by atoms with Crippen LogP contribution in [0.25, 0.3) is 0 Å². The predicted molar refractivity (Wildman–Crippen MR) is 74.5 cm³/mol. The molecule has 0 heterocycles. The van der Waals surface area contributed by atoms with Crippen molar-refractivity contribution in [2.75, 3.05) is 6.61 Å². The molecule has 0 rings (SSSR count). The highest BCUT2D eigenvalue weighted by atomic mass is 16.4. The van der Waals surface area contributed by atoms with E-state index in [-0.39, 0.29) is 24.1 Å². The zero-order valence-corrected chi connectivity index (χ0v) is 11.9. The Kier molecular flexibility index (Phi) is 17.3. The predicted octanol–water partition coefficient (Wildman–Crippen LogP) is -0.383. The number of aliphatic carboxylic acids is 2. The highest BCUT2D eigenvalue weighted by molar-refractivity contribution is 5.85. The summed E-state index contributed by atoms with van der Waals surface area (Å²) in [6.45, 7) is 4.88. The van der Waals surface area contributed by atoms with Crippen molar-refractivity contribution in [2.24, 2.45) is 11.5 Å². The summed E-state index contributed by atoms with van der Waals surface area (Å²) in [4.78, 5) is 19.5. The topological polar surface area (TPSA) is 167 Å². The molecule has 0 aliphatic heterocycles. The summed E-state index contributed by atoms with van der Waals surface area (Å²) in [6.07, 6.45) is 2.81. The third kappa shape index (κ3) is 21.2. The first-order valence-electron chi connectivity index (χ1n) is 5.72. The minimum Gasteiger partial charge on any atom is -0.477 e. The van der Waals surface area contributed by atoms with Gasteiger partial charge < -0.3 is 31.9 Å². The molecule has 8 nitrogen and oxygen atoms in total. The minimum absolute atomic E-state index is 0.0810. The van der Waals surface area contributed by atoms with E-state index in [1.54, 1.807) is 20.8 Å². The summed E-state index contributed by atoms with van der Waals surface area (Å²) in [5.74, 6) is -2.13. The van der Waals surface area contributed by atoms with Gasteiger partial charge in [-0.1, -0.05) is 12.2 Å². The van der Waals surface area contributed by atoms with Gasteiger partial charge in [-0.25, -0.2) is 9.59 Å². The van der Waals surface area contributed by atoms with Crippen molar-refractivity contribution < 1.29 is 30.0 Å². The zero-order valence-electron chi connectivity index (χ0n) is 11.9. The van der Waals surface area contributed by atoms with Crippen molar-refractivity contribution in [2.45, 2.75) is 33.3 Å². The summed E-state index contributed by atoms with van der Waals surface area (Å²) in [6, 6.07) is 0. The SMILES string of the molecule is CC(O)CCO.CC=C(N)C(=O)O.CC=C(N)C(=O)O. The third-order valence-electron chi connectivity index (χ3n) is 1.66. The number of aliphatic hydroxyl groups is 2. The van der Waals surface area contributed by atoms with Gasteiger partial charge in [0.2, 0.25) is 0 Å². The molecular formula is C12H24N2O6. The monoisotopic (exact) mass is 292 g/mol. The lowest BCUT2D eigenvalue weighted by molar-refractivity contribution is -0.133. The molecule has 0 aliphatic carbocycles. The smallest absolute Gasteiger partial charge is 0.351 e. The molecular weight excluding hydrogens is 268 g/mol. The van der Waals surface area contributed by atoms with Crippen molar-refractivity contribution in [3.8, 4) is 0 Å². The molecule has 0 radical (unpaired) electrons. The molecule has 0 aromatic carbocycles. The Bertz CT molecular complexity index is 309. The van der Waals surface area contributed by atoms with E-state index in [9.17, 15) is 9.59 Å². The van der Waals surface area contributed by atoms with Crippen LogP contribution >= 0.6 is 0 Å². The van der Waals surface area contributed by atoms with Gasteiger partial charge in [0.05, 0.1) is 6.10 Å². The molecule has 0 bridgehead atoms. The van der Waals surface area contributed by atoms with E-state index >= 15 is 0 Å². The van der Waals surface area contributed by atoms with Crippen LogP contribution in [0.3, 0.4) is 0 Å². The number of hydrogen-bond acceptors (Lipinski definition) is 6. The Morgan fingerprint density at radius 2 is 1.35 bits per heavy atom. The number of aliphatic hydroxyl groups excluding tert-OH is 2. The lowest BCUT2D eigenvalue weighted by atomic mass is 10.3. The van der Waals surface area contributed by atoms with Crippen LogP contribution in [0.2, 0.25) is 0 Å². The second kappa shape index (κ2) is 15.0. The van der Waals surface area contributed by atoms with Crippen molar-refractivity contribution >= 4 is 11.9 Å². The number of allylic oxidation sites excluding steroid dienone is 2. The first-order valence-corrected chi connectivity index (χ1v) is 5.72. The number of carbonyl (C=O) groups is 2. The quantitative estimate of drug-likeness (QED) is 0.381. The molecule has 0 spiro atoms. The molecule has 0 saturated carbocycles. The van der Waals surface area contributed by atoms with E-state index < -0.39 is 11.9 Å². The Morgan fingerprint density at radius 1 is 1.05 bits per heavy atom. The van der Waals surface area contributed by atoms with Gasteiger partial charge in [-0.15, -0.1) is 0 Å². The van der Waals surface area contributed by atoms with Crippen LogP contribution < -0.4 is 11.5 Å². The maximum Gasteiger partial charge on any atom is 0.351 e. The maximum atomic E-state index is 9.74. The number of nitrogens with two attached hydrogens (primary N) is 2. The highest BCUT2D eigenvalue weighted by Crippen LogP contribution is 1.83. The first kappa shape index (κ1) is 23.1. The molecule has 8 N–H and O–H groups in total. The highest BCUT2D eigenvalue weighted by Gasteiger charge is 1.95. The Hall–Kier alpha value is -2.06. The van der Waals surface area contributed by atoms with Crippen molar-refractivity contribution in [3.63, 3.8) is 0 Å². The summed E-state index contributed by atoms with van der Waals surface area (Å²) >= 11 is 0. The summed E-state index contributed by atoms with van der Waals surface area (Å²) < 4.78 is 0. The molecule has 1 atom stereocenters.